The van der Waals surface area contributed by atoms with E-state index in [2.05, 4.69) is 13.0 Å². The first-order chi connectivity index (χ1) is 7.60. The van der Waals surface area contributed by atoms with E-state index in [1.54, 1.807) is 7.11 Å². The summed E-state index contributed by atoms with van der Waals surface area (Å²) < 4.78 is 5.35. The molecule has 2 unspecified atom stereocenters. The van der Waals surface area contributed by atoms with Crippen molar-refractivity contribution in [3.05, 3.63) is 34.9 Å². The predicted molar refractivity (Wildman–Crippen MR) is 66.6 cm³/mol. The van der Waals surface area contributed by atoms with Gasteiger partial charge in [-0.2, -0.15) is 0 Å². The van der Waals surface area contributed by atoms with Crippen molar-refractivity contribution in [3.63, 3.8) is 0 Å². The summed E-state index contributed by atoms with van der Waals surface area (Å²) in [5.41, 5.74) is 3.28. The van der Waals surface area contributed by atoms with Crippen LogP contribution in [0.25, 0.3) is 0 Å². The Hall–Kier alpha value is -0.860. The van der Waals surface area contributed by atoms with E-state index in [9.17, 15) is 5.11 Å². The Balaban J connectivity index is 2.93. The van der Waals surface area contributed by atoms with Crippen molar-refractivity contribution in [3.8, 4) is 0 Å². The summed E-state index contributed by atoms with van der Waals surface area (Å²) >= 11 is 0. The Morgan fingerprint density at radius 3 is 2.56 bits per heavy atom. The zero-order chi connectivity index (χ0) is 12.1. The topological polar surface area (TPSA) is 29.5 Å². The fourth-order valence-corrected chi connectivity index (χ4v) is 1.97. The molecule has 0 radical (unpaired) electrons. The van der Waals surface area contributed by atoms with Gasteiger partial charge in [-0.1, -0.05) is 37.1 Å². The van der Waals surface area contributed by atoms with Crippen LogP contribution >= 0.6 is 0 Å². The van der Waals surface area contributed by atoms with Gasteiger partial charge in [-0.05, 0) is 31.4 Å². The average Bonchev–Trinajstić information content (AvgIpc) is 2.28. The maximum Gasteiger partial charge on any atom is 0.105 e. The lowest BCUT2D eigenvalue weighted by Crippen LogP contribution is -2.21. The van der Waals surface area contributed by atoms with Crippen molar-refractivity contribution in [2.75, 3.05) is 7.11 Å². The average molecular weight is 222 g/mol. The molecule has 0 aliphatic rings. The van der Waals surface area contributed by atoms with Gasteiger partial charge in [-0.15, -0.1) is 0 Å². The Morgan fingerprint density at radius 1 is 1.31 bits per heavy atom. The zero-order valence-corrected chi connectivity index (χ0v) is 10.7. The van der Waals surface area contributed by atoms with Crippen LogP contribution in [0.2, 0.25) is 0 Å². The standard InChI is InChI=1S/C14H22O2/c1-5-6-13(16-4)14(15)12-9-10(2)7-8-11(12)3/h7-9,13-15H,5-6H2,1-4H3. The van der Waals surface area contributed by atoms with Crippen molar-refractivity contribution in [1.29, 1.82) is 0 Å². The first-order valence-electron chi connectivity index (χ1n) is 5.88. The third-order valence-electron chi connectivity index (χ3n) is 2.98. The number of aryl methyl sites for hydroxylation is 2. The van der Waals surface area contributed by atoms with E-state index in [4.69, 9.17) is 4.74 Å². The zero-order valence-electron chi connectivity index (χ0n) is 10.7. The van der Waals surface area contributed by atoms with Crippen LogP contribution in [-0.4, -0.2) is 18.3 Å². The smallest absolute Gasteiger partial charge is 0.105 e. The second-order valence-electron chi connectivity index (χ2n) is 4.37. The van der Waals surface area contributed by atoms with E-state index in [1.807, 2.05) is 26.0 Å². The molecule has 0 aliphatic heterocycles. The molecule has 0 heterocycles. The van der Waals surface area contributed by atoms with Crippen molar-refractivity contribution < 1.29 is 9.84 Å². The second kappa shape index (κ2) is 6.02. The molecule has 0 aromatic heterocycles. The minimum absolute atomic E-state index is 0.106. The molecule has 0 amide bonds. The number of hydrogen-bond acceptors (Lipinski definition) is 2. The van der Waals surface area contributed by atoms with Crippen LogP contribution in [0, 0.1) is 13.8 Å². The summed E-state index contributed by atoms with van der Waals surface area (Å²) in [5.74, 6) is 0. The summed E-state index contributed by atoms with van der Waals surface area (Å²) in [6.07, 6.45) is 1.27. The van der Waals surface area contributed by atoms with Crippen molar-refractivity contribution >= 4 is 0 Å². The van der Waals surface area contributed by atoms with Crippen LogP contribution in [0.1, 0.15) is 42.6 Å². The quantitative estimate of drug-likeness (QED) is 0.829. The molecular weight excluding hydrogens is 200 g/mol. The summed E-state index contributed by atoms with van der Waals surface area (Å²) in [6.45, 7) is 6.16. The van der Waals surface area contributed by atoms with Crippen LogP contribution in [-0.2, 0) is 4.74 Å². The minimum atomic E-state index is -0.523. The summed E-state index contributed by atoms with van der Waals surface area (Å²) in [6, 6.07) is 6.15. The molecule has 1 aromatic rings. The van der Waals surface area contributed by atoms with Crippen LogP contribution < -0.4 is 0 Å². The van der Waals surface area contributed by atoms with Crippen LogP contribution in [0.15, 0.2) is 18.2 Å². The van der Waals surface area contributed by atoms with E-state index in [0.717, 1.165) is 24.0 Å². The molecule has 90 valence electrons. The highest BCUT2D eigenvalue weighted by Gasteiger charge is 2.21. The molecule has 2 atom stereocenters. The molecule has 0 saturated heterocycles. The third-order valence-corrected chi connectivity index (χ3v) is 2.98. The Bertz CT molecular complexity index is 334. The number of methoxy groups -OCH3 is 1. The highest BCUT2D eigenvalue weighted by Crippen LogP contribution is 2.25. The van der Waals surface area contributed by atoms with Gasteiger partial charge in [0.25, 0.3) is 0 Å². The normalized spacial score (nSPS) is 14.8. The lowest BCUT2D eigenvalue weighted by molar-refractivity contribution is -0.0182. The third kappa shape index (κ3) is 3.06. The van der Waals surface area contributed by atoms with E-state index in [-0.39, 0.29) is 6.10 Å². The molecule has 0 bridgehead atoms. The van der Waals surface area contributed by atoms with Gasteiger partial charge in [0.05, 0.1) is 6.10 Å². The Kier molecular flexibility index (Phi) is 4.97. The lowest BCUT2D eigenvalue weighted by atomic mass is 9.95. The highest BCUT2D eigenvalue weighted by atomic mass is 16.5. The number of aliphatic hydroxyl groups is 1. The maximum absolute atomic E-state index is 10.3. The number of rotatable bonds is 5. The van der Waals surface area contributed by atoms with Gasteiger partial charge in [-0.3, -0.25) is 0 Å². The molecule has 0 spiro atoms. The Morgan fingerprint density at radius 2 is 2.00 bits per heavy atom. The SMILES string of the molecule is CCCC(OC)C(O)c1cc(C)ccc1C. The number of hydrogen-bond donors (Lipinski definition) is 1. The summed E-state index contributed by atoms with van der Waals surface area (Å²) in [7, 11) is 1.66. The molecule has 2 heteroatoms. The van der Waals surface area contributed by atoms with E-state index >= 15 is 0 Å². The summed E-state index contributed by atoms with van der Waals surface area (Å²) in [5, 5.41) is 10.3. The molecular formula is C14H22O2. The maximum atomic E-state index is 10.3. The van der Waals surface area contributed by atoms with Gasteiger partial charge >= 0.3 is 0 Å². The van der Waals surface area contributed by atoms with Gasteiger partial charge in [0, 0.05) is 7.11 Å². The van der Waals surface area contributed by atoms with Crippen LogP contribution in [0.4, 0.5) is 0 Å². The Labute approximate surface area is 98.3 Å². The van der Waals surface area contributed by atoms with Crippen molar-refractivity contribution in [2.45, 2.75) is 45.8 Å². The lowest BCUT2D eigenvalue weighted by Gasteiger charge is -2.23. The van der Waals surface area contributed by atoms with Gasteiger partial charge in [0.1, 0.15) is 6.10 Å². The molecule has 1 N–H and O–H groups in total. The number of aliphatic hydroxyl groups excluding tert-OH is 1. The van der Waals surface area contributed by atoms with Crippen LogP contribution in [0.3, 0.4) is 0 Å². The molecule has 0 fully saturated rings. The van der Waals surface area contributed by atoms with Crippen LogP contribution in [0.5, 0.6) is 0 Å². The van der Waals surface area contributed by atoms with Crippen molar-refractivity contribution in [2.24, 2.45) is 0 Å². The fraction of sp³-hybridized carbons (Fsp3) is 0.571. The first kappa shape index (κ1) is 13.2. The highest BCUT2D eigenvalue weighted by molar-refractivity contribution is 5.32. The summed E-state index contributed by atoms with van der Waals surface area (Å²) in [4.78, 5) is 0. The van der Waals surface area contributed by atoms with E-state index in [0.29, 0.717) is 0 Å². The molecule has 1 rings (SSSR count). The largest absolute Gasteiger partial charge is 0.386 e. The first-order valence-corrected chi connectivity index (χ1v) is 5.88. The number of ether oxygens (including phenoxy) is 1. The van der Waals surface area contributed by atoms with Gasteiger partial charge in [-0.25, -0.2) is 0 Å². The molecule has 2 nitrogen and oxygen atoms in total. The molecule has 0 aliphatic carbocycles. The van der Waals surface area contributed by atoms with Gasteiger partial charge < -0.3 is 9.84 Å². The monoisotopic (exact) mass is 222 g/mol. The number of benzene rings is 1. The molecule has 0 saturated carbocycles. The molecule has 16 heavy (non-hydrogen) atoms. The van der Waals surface area contributed by atoms with Crippen molar-refractivity contribution in [1.82, 2.24) is 0 Å². The van der Waals surface area contributed by atoms with Gasteiger partial charge in [0.2, 0.25) is 0 Å². The molecule has 1 aromatic carbocycles. The minimum Gasteiger partial charge on any atom is -0.386 e. The fourth-order valence-electron chi connectivity index (χ4n) is 1.97. The van der Waals surface area contributed by atoms with E-state index < -0.39 is 6.10 Å². The predicted octanol–water partition coefficient (Wildman–Crippen LogP) is 3.15. The van der Waals surface area contributed by atoms with Gasteiger partial charge in [0.15, 0.2) is 0 Å². The second-order valence-corrected chi connectivity index (χ2v) is 4.37. The van der Waals surface area contributed by atoms with E-state index in [1.165, 1.54) is 5.56 Å².